The fourth-order valence-electron chi connectivity index (χ4n) is 4.58. The molecule has 0 aliphatic heterocycles. The first-order valence-corrected chi connectivity index (χ1v) is 12.0. The van der Waals surface area contributed by atoms with Crippen LogP contribution in [0, 0.1) is 18.3 Å². The average molecular weight is 466 g/mol. The minimum Gasteiger partial charge on any atom is -0.489 e. The third-order valence-corrected chi connectivity index (χ3v) is 6.37. The summed E-state index contributed by atoms with van der Waals surface area (Å²) < 4.78 is 11.5. The highest BCUT2D eigenvalue weighted by molar-refractivity contribution is 5.72. The molecule has 0 saturated heterocycles. The van der Waals surface area contributed by atoms with Crippen molar-refractivity contribution in [1.82, 2.24) is 15.1 Å². The lowest BCUT2D eigenvalue weighted by Gasteiger charge is -2.20. The Morgan fingerprint density at radius 2 is 1.91 bits per heavy atom. The minimum atomic E-state index is 0.326. The molecule has 1 saturated carbocycles. The van der Waals surface area contributed by atoms with E-state index >= 15 is 0 Å². The Balaban J connectivity index is 1.40. The first kappa shape index (κ1) is 22.6. The van der Waals surface area contributed by atoms with Crippen LogP contribution in [0.5, 0.6) is 5.75 Å². The second-order valence-electron chi connectivity index (χ2n) is 8.83. The molecular weight excluding hydrogens is 438 g/mol. The van der Waals surface area contributed by atoms with Crippen molar-refractivity contribution in [2.24, 2.45) is 0 Å². The van der Waals surface area contributed by atoms with Crippen molar-refractivity contribution in [1.29, 1.82) is 5.26 Å². The second kappa shape index (κ2) is 10.4. The largest absolute Gasteiger partial charge is 0.489 e. The predicted molar refractivity (Wildman–Crippen MR) is 133 cm³/mol. The van der Waals surface area contributed by atoms with E-state index < -0.39 is 0 Å². The number of anilines is 2. The van der Waals surface area contributed by atoms with Gasteiger partial charge in [0.05, 0.1) is 28.7 Å². The van der Waals surface area contributed by atoms with Crippen LogP contribution in [0.2, 0.25) is 0 Å². The zero-order chi connectivity index (χ0) is 24.0. The van der Waals surface area contributed by atoms with Gasteiger partial charge in [-0.25, -0.2) is 9.97 Å². The van der Waals surface area contributed by atoms with E-state index in [9.17, 15) is 5.26 Å². The average Bonchev–Trinajstić information content (AvgIpc) is 3.30. The van der Waals surface area contributed by atoms with Crippen molar-refractivity contribution in [3.8, 4) is 23.1 Å². The minimum absolute atomic E-state index is 0.326. The van der Waals surface area contributed by atoms with Gasteiger partial charge in [0.25, 0.3) is 0 Å². The molecule has 1 aliphatic rings. The Labute approximate surface area is 204 Å². The molecule has 1 N–H and O–H groups in total. The summed E-state index contributed by atoms with van der Waals surface area (Å²) in [6.07, 6.45) is 7.32. The molecule has 0 atom stereocenters. The molecule has 4 aromatic rings. The Morgan fingerprint density at radius 1 is 1.09 bits per heavy atom. The van der Waals surface area contributed by atoms with Crippen LogP contribution in [0.4, 0.5) is 11.6 Å². The Morgan fingerprint density at radius 3 is 2.71 bits per heavy atom. The maximum atomic E-state index is 9.76. The third kappa shape index (κ3) is 5.17. The maximum absolute atomic E-state index is 9.76. The van der Waals surface area contributed by atoms with Crippen molar-refractivity contribution in [2.45, 2.75) is 51.6 Å². The Kier molecular flexibility index (Phi) is 6.71. The molecule has 1 fully saturated rings. The van der Waals surface area contributed by atoms with E-state index in [1.54, 1.807) is 6.20 Å². The molecule has 5 rings (SSSR count). The molecule has 2 aromatic heterocycles. The van der Waals surface area contributed by atoms with E-state index in [2.05, 4.69) is 21.5 Å². The summed E-state index contributed by atoms with van der Waals surface area (Å²) in [6.45, 7) is 2.36. The van der Waals surface area contributed by atoms with Crippen LogP contribution in [0.15, 0.2) is 65.3 Å². The number of benzene rings is 2. The van der Waals surface area contributed by atoms with Crippen LogP contribution in [0.3, 0.4) is 0 Å². The number of hydrogen-bond donors (Lipinski definition) is 1. The fraction of sp³-hybridized carbons (Fsp3) is 0.286. The van der Waals surface area contributed by atoms with Crippen molar-refractivity contribution < 1.29 is 9.26 Å². The van der Waals surface area contributed by atoms with E-state index in [1.807, 2.05) is 61.5 Å². The second-order valence-corrected chi connectivity index (χ2v) is 8.83. The zero-order valence-electron chi connectivity index (χ0n) is 19.7. The van der Waals surface area contributed by atoms with Crippen LogP contribution >= 0.6 is 0 Å². The molecule has 1 aliphatic carbocycles. The fourth-order valence-corrected chi connectivity index (χ4v) is 4.58. The van der Waals surface area contributed by atoms with Gasteiger partial charge in [0.15, 0.2) is 0 Å². The maximum Gasteiger partial charge on any atom is 0.227 e. The van der Waals surface area contributed by atoms with Gasteiger partial charge in [0, 0.05) is 17.7 Å². The van der Waals surface area contributed by atoms with Crippen molar-refractivity contribution in [3.05, 3.63) is 83.4 Å². The highest BCUT2D eigenvalue weighted by Gasteiger charge is 2.27. The molecule has 0 amide bonds. The topological polar surface area (TPSA) is 96.9 Å². The molecule has 176 valence electrons. The third-order valence-electron chi connectivity index (χ3n) is 6.37. The summed E-state index contributed by atoms with van der Waals surface area (Å²) >= 11 is 0. The first-order valence-electron chi connectivity index (χ1n) is 12.0. The van der Waals surface area contributed by atoms with Gasteiger partial charge in [-0.15, -0.1) is 0 Å². The molecule has 0 spiro atoms. The van der Waals surface area contributed by atoms with Gasteiger partial charge in [-0.2, -0.15) is 5.26 Å². The number of ether oxygens (including phenoxy) is 1. The number of nitriles is 1. The number of nitrogens with zero attached hydrogens (tertiary/aromatic N) is 4. The molecule has 2 heterocycles. The van der Waals surface area contributed by atoms with Gasteiger partial charge in [-0.05, 0) is 37.5 Å². The number of aromatic nitrogens is 3. The normalized spacial score (nSPS) is 13.8. The standard InChI is InChI=1S/C28H27N5O2/c1-19-25(27(33-35-19)21-11-6-3-7-12-21)26-22(16-29)17-30-28(32-26)31-23-13-8-14-24(15-23)34-18-20-9-4-2-5-10-20/h2,4-5,8-10,13-15,17,21H,3,6-7,11-12,18H2,1H3,(H,30,31,32). The summed E-state index contributed by atoms with van der Waals surface area (Å²) in [5.74, 6) is 2.13. The summed E-state index contributed by atoms with van der Waals surface area (Å²) in [5, 5.41) is 17.4. The van der Waals surface area contributed by atoms with E-state index in [-0.39, 0.29) is 0 Å². The lowest BCUT2D eigenvalue weighted by Crippen LogP contribution is -2.08. The number of rotatable bonds is 7. The van der Waals surface area contributed by atoms with Gasteiger partial charge in [-0.3, -0.25) is 0 Å². The molecule has 7 nitrogen and oxygen atoms in total. The van der Waals surface area contributed by atoms with Crippen LogP contribution in [-0.2, 0) is 6.61 Å². The molecule has 35 heavy (non-hydrogen) atoms. The van der Waals surface area contributed by atoms with Gasteiger partial charge in [0.2, 0.25) is 5.95 Å². The molecule has 2 aromatic carbocycles. The van der Waals surface area contributed by atoms with Gasteiger partial charge in [-0.1, -0.05) is 60.8 Å². The van der Waals surface area contributed by atoms with Gasteiger partial charge < -0.3 is 14.6 Å². The summed E-state index contributed by atoms with van der Waals surface area (Å²) in [7, 11) is 0. The van der Waals surface area contributed by atoms with E-state index in [0.717, 1.165) is 41.1 Å². The summed E-state index contributed by atoms with van der Waals surface area (Å²) in [4.78, 5) is 9.11. The SMILES string of the molecule is Cc1onc(C2CCCCC2)c1-c1nc(Nc2cccc(OCc3ccccc3)c2)ncc1C#N. The first-order chi connectivity index (χ1) is 17.2. The highest BCUT2D eigenvalue weighted by atomic mass is 16.5. The van der Waals surface area contributed by atoms with Crippen LogP contribution in [-0.4, -0.2) is 15.1 Å². The van der Waals surface area contributed by atoms with Crippen molar-refractivity contribution >= 4 is 11.6 Å². The molecule has 0 radical (unpaired) electrons. The van der Waals surface area contributed by atoms with E-state index in [4.69, 9.17) is 14.2 Å². The number of aryl methyl sites for hydroxylation is 1. The number of hydrogen-bond acceptors (Lipinski definition) is 7. The molecular formula is C28H27N5O2. The summed E-state index contributed by atoms with van der Waals surface area (Å²) in [6, 6.07) is 19.9. The monoisotopic (exact) mass is 465 g/mol. The predicted octanol–water partition coefficient (Wildman–Crippen LogP) is 6.68. The van der Waals surface area contributed by atoms with Crippen LogP contribution < -0.4 is 10.1 Å². The van der Waals surface area contributed by atoms with Crippen molar-refractivity contribution in [2.75, 3.05) is 5.32 Å². The quantitative estimate of drug-likeness (QED) is 0.325. The number of nitrogens with one attached hydrogen (secondary N) is 1. The van der Waals surface area contributed by atoms with Gasteiger partial charge in [0.1, 0.15) is 24.2 Å². The van der Waals surface area contributed by atoms with Crippen molar-refractivity contribution in [3.63, 3.8) is 0 Å². The lowest BCUT2D eigenvalue weighted by atomic mass is 9.84. The van der Waals surface area contributed by atoms with E-state index in [1.165, 1.54) is 19.3 Å². The smallest absolute Gasteiger partial charge is 0.227 e. The van der Waals surface area contributed by atoms with E-state index in [0.29, 0.717) is 35.5 Å². The van der Waals surface area contributed by atoms with Crippen LogP contribution in [0.1, 0.15) is 60.6 Å². The van der Waals surface area contributed by atoms with Crippen LogP contribution in [0.25, 0.3) is 11.3 Å². The Hall–Kier alpha value is -4.18. The molecule has 0 unspecified atom stereocenters. The van der Waals surface area contributed by atoms with Gasteiger partial charge >= 0.3 is 0 Å². The zero-order valence-corrected chi connectivity index (χ0v) is 19.7. The Bertz CT molecular complexity index is 1340. The highest BCUT2D eigenvalue weighted by Crippen LogP contribution is 2.39. The summed E-state index contributed by atoms with van der Waals surface area (Å²) in [5.41, 5.74) is 4.57. The molecule has 7 heteroatoms. The lowest BCUT2D eigenvalue weighted by molar-refractivity contribution is 0.306. The molecule has 0 bridgehead atoms.